The molecule has 4 rings (SSSR count). The highest BCUT2D eigenvalue weighted by Crippen LogP contribution is 2.25. The molecule has 0 saturated carbocycles. The first-order valence-electron chi connectivity index (χ1n) is 11.6. The van der Waals surface area contributed by atoms with Gasteiger partial charge in [-0.05, 0) is 42.2 Å². The van der Waals surface area contributed by atoms with Crippen molar-refractivity contribution in [1.82, 2.24) is 10.3 Å². The molecule has 0 aliphatic rings. The van der Waals surface area contributed by atoms with Crippen LogP contribution in [0.3, 0.4) is 0 Å². The van der Waals surface area contributed by atoms with Crippen LogP contribution in [0.2, 0.25) is 0 Å². The van der Waals surface area contributed by atoms with Gasteiger partial charge in [-0.1, -0.05) is 60.7 Å². The van der Waals surface area contributed by atoms with Crippen LogP contribution in [0.1, 0.15) is 41.5 Å². The normalized spacial score (nSPS) is 12.7. The van der Waals surface area contributed by atoms with Crippen LogP contribution in [0.4, 0.5) is 0 Å². The second kappa shape index (κ2) is 12.2. The number of fused-ring (bicyclic) bond motifs is 1. The van der Waals surface area contributed by atoms with Crippen molar-refractivity contribution < 1.29 is 14.3 Å². The number of oxazole rings is 1. The van der Waals surface area contributed by atoms with E-state index in [-0.39, 0.29) is 11.8 Å². The number of nitrogens with zero attached hydrogens (tertiary/aromatic N) is 2. The average molecular weight is 486 g/mol. The Morgan fingerprint density at radius 1 is 1.06 bits per heavy atom. The topological polar surface area (TPSA) is 99.2 Å². The number of rotatable bonds is 11. The number of aromatic nitrogens is 1. The molecule has 0 fully saturated rings. The zero-order valence-corrected chi connectivity index (χ0v) is 20.1. The molecule has 35 heavy (non-hydrogen) atoms. The quantitative estimate of drug-likeness (QED) is 0.284. The van der Waals surface area contributed by atoms with Gasteiger partial charge in [0.1, 0.15) is 5.52 Å². The molecule has 1 unspecified atom stereocenters. The highest BCUT2D eigenvalue weighted by atomic mass is 32.2. The SMILES string of the molecule is N#Cc1ccccc1CSCCC(=O)N[C@@H](CCc1ccccc1)C(O)c1nc2ccccc2o1. The molecule has 0 aliphatic carbocycles. The maximum atomic E-state index is 12.8. The molecule has 0 radical (unpaired) electrons. The lowest BCUT2D eigenvalue weighted by Gasteiger charge is -2.22. The summed E-state index contributed by atoms with van der Waals surface area (Å²) >= 11 is 1.60. The minimum atomic E-state index is -1.06. The van der Waals surface area contributed by atoms with Gasteiger partial charge in [0.05, 0.1) is 17.7 Å². The van der Waals surface area contributed by atoms with Crippen molar-refractivity contribution in [2.75, 3.05) is 5.75 Å². The van der Waals surface area contributed by atoms with E-state index in [9.17, 15) is 15.2 Å². The predicted molar refractivity (Wildman–Crippen MR) is 138 cm³/mol. The van der Waals surface area contributed by atoms with Gasteiger partial charge in [-0.3, -0.25) is 4.79 Å². The van der Waals surface area contributed by atoms with Crippen LogP contribution >= 0.6 is 11.8 Å². The Balaban J connectivity index is 1.37. The zero-order chi connectivity index (χ0) is 24.5. The largest absolute Gasteiger partial charge is 0.438 e. The summed E-state index contributed by atoms with van der Waals surface area (Å²) in [6, 6.07) is 26.5. The van der Waals surface area contributed by atoms with Crippen LogP contribution in [0.15, 0.2) is 83.3 Å². The highest BCUT2D eigenvalue weighted by molar-refractivity contribution is 7.98. The number of aliphatic hydroxyl groups is 1. The fraction of sp³-hybridized carbons (Fsp3) is 0.250. The number of nitriles is 1. The van der Waals surface area contributed by atoms with Crippen LogP contribution in [-0.4, -0.2) is 27.8 Å². The van der Waals surface area contributed by atoms with Gasteiger partial charge in [0.2, 0.25) is 11.8 Å². The van der Waals surface area contributed by atoms with Crippen molar-refractivity contribution in [3.05, 3.63) is 101 Å². The van der Waals surface area contributed by atoms with E-state index in [0.29, 0.717) is 47.4 Å². The van der Waals surface area contributed by atoms with E-state index in [1.54, 1.807) is 23.9 Å². The van der Waals surface area contributed by atoms with E-state index in [0.717, 1.165) is 11.1 Å². The van der Waals surface area contributed by atoms with Gasteiger partial charge < -0.3 is 14.8 Å². The molecule has 1 amide bonds. The lowest BCUT2D eigenvalue weighted by Crippen LogP contribution is -2.40. The van der Waals surface area contributed by atoms with Crippen LogP contribution in [-0.2, 0) is 17.0 Å². The second-order valence-electron chi connectivity index (χ2n) is 8.23. The molecule has 0 bridgehead atoms. The summed E-state index contributed by atoms with van der Waals surface area (Å²) in [6.07, 6.45) is 0.480. The number of hydrogen-bond donors (Lipinski definition) is 2. The molecule has 6 nitrogen and oxygen atoms in total. The van der Waals surface area contributed by atoms with Crippen LogP contribution in [0.5, 0.6) is 0 Å². The van der Waals surface area contributed by atoms with Crippen molar-refractivity contribution in [2.45, 2.75) is 37.2 Å². The number of hydrogen-bond acceptors (Lipinski definition) is 6. The fourth-order valence-electron chi connectivity index (χ4n) is 3.85. The molecule has 178 valence electrons. The van der Waals surface area contributed by atoms with Crippen molar-refractivity contribution in [2.24, 2.45) is 0 Å². The van der Waals surface area contributed by atoms with E-state index >= 15 is 0 Å². The summed E-state index contributed by atoms with van der Waals surface area (Å²) in [5, 5.41) is 23.3. The molecule has 2 N–H and O–H groups in total. The van der Waals surface area contributed by atoms with Gasteiger partial charge in [0, 0.05) is 17.9 Å². The Morgan fingerprint density at radius 2 is 1.80 bits per heavy atom. The number of thioether (sulfide) groups is 1. The number of aliphatic hydroxyl groups excluding tert-OH is 1. The van der Waals surface area contributed by atoms with Crippen molar-refractivity contribution >= 4 is 28.8 Å². The van der Waals surface area contributed by atoms with Crippen LogP contribution in [0.25, 0.3) is 11.1 Å². The average Bonchev–Trinajstić information content (AvgIpc) is 3.34. The Morgan fingerprint density at radius 3 is 2.60 bits per heavy atom. The number of para-hydroxylation sites is 2. The molecule has 0 saturated heterocycles. The molecule has 3 aromatic carbocycles. The number of carbonyl (C=O) groups excluding carboxylic acids is 1. The number of amides is 1. The molecule has 1 aromatic heterocycles. The van der Waals surface area contributed by atoms with Gasteiger partial charge in [-0.25, -0.2) is 4.98 Å². The summed E-state index contributed by atoms with van der Waals surface area (Å²) in [5.41, 5.74) is 4.02. The third-order valence-electron chi connectivity index (χ3n) is 5.75. The third-order valence-corrected chi connectivity index (χ3v) is 6.75. The van der Waals surface area contributed by atoms with Crippen molar-refractivity contribution in [3.63, 3.8) is 0 Å². The molecule has 1 heterocycles. The van der Waals surface area contributed by atoms with Gasteiger partial charge in [0.15, 0.2) is 11.7 Å². The second-order valence-corrected chi connectivity index (χ2v) is 9.34. The Bertz CT molecular complexity index is 1270. The highest BCUT2D eigenvalue weighted by Gasteiger charge is 2.27. The first-order chi connectivity index (χ1) is 17.1. The fourth-order valence-corrected chi connectivity index (χ4v) is 4.79. The first-order valence-corrected chi connectivity index (χ1v) is 12.7. The van der Waals surface area contributed by atoms with Crippen LogP contribution in [0, 0.1) is 11.3 Å². The van der Waals surface area contributed by atoms with E-state index in [4.69, 9.17) is 4.42 Å². The minimum Gasteiger partial charge on any atom is -0.438 e. The Hall–Kier alpha value is -3.60. The van der Waals surface area contributed by atoms with E-state index in [1.165, 1.54) is 0 Å². The Kier molecular flexibility index (Phi) is 8.55. The predicted octanol–water partition coefficient (Wildman–Crippen LogP) is 5.17. The van der Waals surface area contributed by atoms with Crippen molar-refractivity contribution in [3.8, 4) is 6.07 Å². The number of carbonyl (C=O) groups is 1. The maximum Gasteiger partial charge on any atom is 0.226 e. The van der Waals surface area contributed by atoms with Gasteiger partial charge in [0.25, 0.3) is 0 Å². The zero-order valence-electron chi connectivity index (χ0n) is 19.3. The van der Waals surface area contributed by atoms with Gasteiger partial charge >= 0.3 is 0 Å². The monoisotopic (exact) mass is 485 g/mol. The number of benzene rings is 3. The third kappa shape index (κ3) is 6.72. The smallest absolute Gasteiger partial charge is 0.226 e. The molecule has 7 heteroatoms. The van der Waals surface area contributed by atoms with E-state index < -0.39 is 12.1 Å². The molecule has 0 spiro atoms. The summed E-state index contributed by atoms with van der Waals surface area (Å²) < 4.78 is 5.77. The van der Waals surface area contributed by atoms with Gasteiger partial charge in [-0.15, -0.1) is 0 Å². The summed E-state index contributed by atoms with van der Waals surface area (Å²) in [7, 11) is 0. The molecule has 0 aliphatic heterocycles. The lowest BCUT2D eigenvalue weighted by atomic mass is 10.0. The summed E-state index contributed by atoms with van der Waals surface area (Å²) in [5.74, 6) is 1.34. The lowest BCUT2D eigenvalue weighted by molar-refractivity contribution is -0.122. The molecular formula is C28H27N3O3S. The molecule has 4 aromatic rings. The van der Waals surface area contributed by atoms with Crippen LogP contribution < -0.4 is 5.32 Å². The first kappa shape index (κ1) is 24.5. The van der Waals surface area contributed by atoms with E-state index in [1.807, 2.05) is 66.7 Å². The molecular weight excluding hydrogens is 458 g/mol. The Labute approximate surface area is 209 Å². The summed E-state index contributed by atoms with van der Waals surface area (Å²) in [6.45, 7) is 0. The minimum absolute atomic E-state index is 0.140. The van der Waals surface area contributed by atoms with Gasteiger partial charge in [-0.2, -0.15) is 17.0 Å². The number of nitrogens with one attached hydrogen (secondary N) is 1. The van der Waals surface area contributed by atoms with Crippen molar-refractivity contribution in [1.29, 1.82) is 5.26 Å². The molecule has 2 atom stereocenters. The summed E-state index contributed by atoms with van der Waals surface area (Å²) in [4.78, 5) is 17.2. The van der Waals surface area contributed by atoms with E-state index in [2.05, 4.69) is 16.4 Å². The standard InChI is InChI=1S/C28H27N3O3S/c29-18-21-10-4-5-11-22(21)19-35-17-16-26(32)30-24(15-14-20-8-2-1-3-9-20)27(33)28-31-23-12-6-7-13-25(23)34-28/h1-13,24,27,33H,14-17,19H2,(H,30,32)/t24-,27?/m0/s1. The maximum absolute atomic E-state index is 12.8. The number of aryl methyl sites for hydroxylation is 1.